The maximum absolute atomic E-state index is 11.0. The molecule has 0 saturated heterocycles. The fourth-order valence-electron chi connectivity index (χ4n) is 1.75. The van der Waals surface area contributed by atoms with Crippen LogP contribution in [0.4, 0.5) is 4.79 Å². The van der Waals surface area contributed by atoms with Crippen LogP contribution in [0.5, 0.6) is 0 Å². The van der Waals surface area contributed by atoms with Gasteiger partial charge >= 0.3 is 6.09 Å². The zero-order chi connectivity index (χ0) is 14.3. The Morgan fingerprint density at radius 2 is 2.11 bits per heavy atom. The molecule has 0 bridgehead atoms. The molecule has 19 heavy (non-hydrogen) atoms. The summed E-state index contributed by atoms with van der Waals surface area (Å²) in [6.07, 6.45) is -1.04. The largest absolute Gasteiger partial charge is 0.443 e. The highest BCUT2D eigenvalue weighted by Gasteiger charge is 2.27. The first-order valence-electron chi connectivity index (χ1n) is 5.91. The number of carbonyl (C=O) groups excluding carboxylic acids is 1. The van der Waals surface area contributed by atoms with Gasteiger partial charge in [0.25, 0.3) is 0 Å². The lowest BCUT2D eigenvalue weighted by Crippen LogP contribution is -2.30. The molecule has 6 heteroatoms. The number of hydrogen-bond donors (Lipinski definition) is 1. The molecule has 2 atom stereocenters. The topological polar surface area (TPSA) is 70.8 Å². The summed E-state index contributed by atoms with van der Waals surface area (Å²) in [5, 5.41) is 0. The van der Waals surface area contributed by atoms with Crippen LogP contribution >= 0.6 is 22.6 Å². The minimum absolute atomic E-state index is 0.119. The molecule has 0 aromatic heterocycles. The number of amides is 1. The first-order valence-corrected chi connectivity index (χ1v) is 6.99. The fourth-order valence-corrected chi connectivity index (χ4v) is 2.45. The van der Waals surface area contributed by atoms with Gasteiger partial charge in [-0.3, -0.25) is 0 Å². The van der Waals surface area contributed by atoms with Gasteiger partial charge in [-0.05, 0) is 40.6 Å². The van der Waals surface area contributed by atoms with Crippen molar-refractivity contribution < 1.29 is 19.0 Å². The molecule has 0 aliphatic heterocycles. The van der Waals surface area contributed by atoms with E-state index in [9.17, 15) is 4.79 Å². The molecule has 2 N–H and O–H groups in total. The predicted molar refractivity (Wildman–Crippen MR) is 79.6 cm³/mol. The molecule has 0 fully saturated rings. The van der Waals surface area contributed by atoms with E-state index in [-0.39, 0.29) is 6.79 Å². The highest BCUT2D eigenvalue weighted by Crippen LogP contribution is 2.29. The third-order valence-electron chi connectivity index (χ3n) is 2.58. The summed E-state index contributed by atoms with van der Waals surface area (Å²) in [6.45, 7) is 2.03. The van der Waals surface area contributed by atoms with Crippen LogP contribution in [0.3, 0.4) is 0 Å². The number of hydrogen-bond acceptors (Lipinski definition) is 4. The summed E-state index contributed by atoms with van der Waals surface area (Å²) in [5.41, 5.74) is 6.05. The molecule has 0 aliphatic carbocycles. The number of halogens is 1. The molecular weight excluding hydrogens is 361 g/mol. The van der Waals surface area contributed by atoms with E-state index in [1.54, 1.807) is 7.11 Å². The third kappa shape index (κ3) is 4.96. The highest BCUT2D eigenvalue weighted by atomic mass is 127. The summed E-state index contributed by atoms with van der Waals surface area (Å²) < 4.78 is 16.7. The molecule has 0 saturated carbocycles. The normalized spacial score (nSPS) is 13.8. The number of nitrogens with two attached hydrogens (primary N) is 1. The van der Waals surface area contributed by atoms with Crippen LogP contribution in [0.25, 0.3) is 0 Å². The van der Waals surface area contributed by atoms with Gasteiger partial charge < -0.3 is 19.9 Å². The number of carbonyl (C=O) groups is 1. The second-order valence-corrected chi connectivity index (χ2v) is 5.06. The molecule has 5 nitrogen and oxygen atoms in total. The van der Waals surface area contributed by atoms with Crippen molar-refractivity contribution in [2.75, 3.05) is 13.9 Å². The summed E-state index contributed by atoms with van der Waals surface area (Å²) >= 11 is 2.22. The Labute approximate surface area is 126 Å². The van der Waals surface area contributed by atoms with Crippen molar-refractivity contribution in [3.05, 3.63) is 33.4 Å². The summed E-state index contributed by atoms with van der Waals surface area (Å²) in [4.78, 5) is 11.0. The molecule has 0 spiro atoms. The van der Waals surface area contributed by atoms with Crippen molar-refractivity contribution in [2.24, 2.45) is 5.73 Å². The lowest BCUT2D eigenvalue weighted by atomic mass is 10.0. The van der Waals surface area contributed by atoms with E-state index in [1.165, 1.54) is 0 Å². The second kappa shape index (κ2) is 8.34. The highest BCUT2D eigenvalue weighted by molar-refractivity contribution is 14.1. The zero-order valence-corrected chi connectivity index (χ0v) is 13.1. The van der Waals surface area contributed by atoms with E-state index < -0.39 is 18.3 Å². The maximum atomic E-state index is 11.0. The van der Waals surface area contributed by atoms with Gasteiger partial charge in [0.05, 0.1) is 0 Å². The summed E-state index contributed by atoms with van der Waals surface area (Å²) in [6, 6.07) is 7.76. The van der Waals surface area contributed by atoms with Crippen LogP contribution < -0.4 is 5.73 Å². The molecule has 0 heterocycles. The molecule has 1 amide bonds. The van der Waals surface area contributed by atoms with Gasteiger partial charge in [0.15, 0.2) is 0 Å². The Kier molecular flexibility index (Phi) is 7.11. The van der Waals surface area contributed by atoms with E-state index in [2.05, 4.69) is 22.6 Å². The third-order valence-corrected chi connectivity index (χ3v) is 3.57. The monoisotopic (exact) mass is 379 g/mol. The maximum Gasteiger partial charge on any atom is 0.404 e. The quantitative estimate of drug-likeness (QED) is 0.584. The van der Waals surface area contributed by atoms with Crippen molar-refractivity contribution >= 4 is 28.7 Å². The minimum atomic E-state index is -0.802. The molecule has 1 aromatic carbocycles. The molecule has 0 radical (unpaired) electrons. The zero-order valence-electron chi connectivity index (χ0n) is 11.0. The lowest BCUT2D eigenvalue weighted by molar-refractivity contribution is -0.116. The van der Waals surface area contributed by atoms with Crippen LogP contribution in [-0.4, -0.2) is 26.1 Å². The van der Waals surface area contributed by atoms with Crippen molar-refractivity contribution in [3.63, 3.8) is 0 Å². The lowest BCUT2D eigenvalue weighted by Gasteiger charge is -2.26. The predicted octanol–water partition coefficient (Wildman–Crippen LogP) is 2.83. The van der Waals surface area contributed by atoms with Gasteiger partial charge in [-0.25, -0.2) is 4.79 Å². The smallest absolute Gasteiger partial charge is 0.404 e. The van der Waals surface area contributed by atoms with Crippen LogP contribution in [0.1, 0.15) is 25.0 Å². The van der Waals surface area contributed by atoms with Gasteiger partial charge in [0.1, 0.15) is 19.0 Å². The van der Waals surface area contributed by atoms with Crippen molar-refractivity contribution in [2.45, 2.75) is 25.6 Å². The molecular formula is C13H18INO4. The standard InChI is InChI=1S/C13H18INO4/c1-3-11(19-13(15)16)12(18-8-17-2)9-6-4-5-7-10(9)14/h4-7,11-12H,3,8H2,1-2H3,(H2,15,16)/t11-,12-/m0/s1. The van der Waals surface area contributed by atoms with Crippen molar-refractivity contribution in [3.8, 4) is 0 Å². The first-order chi connectivity index (χ1) is 9.10. The molecule has 106 valence electrons. The van der Waals surface area contributed by atoms with E-state index in [0.29, 0.717) is 6.42 Å². The van der Waals surface area contributed by atoms with Crippen molar-refractivity contribution in [1.82, 2.24) is 0 Å². The van der Waals surface area contributed by atoms with Crippen LogP contribution in [0, 0.1) is 3.57 Å². The Morgan fingerprint density at radius 3 is 2.63 bits per heavy atom. The van der Waals surface area contributed by atoms with E-state index in [1.807, 2.05) is 31.2 Å². The first kappa shape index (κ1) is 16.2. The Morgan fingerprint density at radius 1 is 1.42 bits per heavy atom. The number of primary amides is 1. The van der Waals surface area contributed by atoms with Gasteiger partial charge in [0.2, 0.25) is 0 Å². The minimum Gasteiger partial charge on any atom is -0.443 e. The molecule has 0 unspecified atom stereocenters. The Bertz CT molecular complexity index is 413. The van der Waals surface area contributed by atoms with Crippen LogP contribution in [0.15, 0.2) is 24.3 Å². The average molecular weight is 379 g/mol. The molecule has 1 rings (SSSR count). The second-order valence-electron chi connectivity index (χ2n) is 3.90. The Hall–Kier alpha value is -0.860. The van der Waals surface area contributed by atoms with Gasteiger partial charge in [0, 0.05) is 10.7 Å². The SMILES string of the molecule is CC[C@H](OC(N)=O)[C@@H](OCOC)c1ccccc1I. The van der Waals surface area contributed by atoms with Gasteiger partial charge in [-0.2, -0.15) is 0 Å². The van der Waals surface area contributed by atoms with Crippen molar-refractivity contribution in [1.29, 1.82) is 0 Å². The number of methoxy groups -OCH3 is 1. The van der Waals surface area contributed by atoms with E-state index >= 15 is 0 Å². The average Bonchev–Trinajstić information content (AvgIpc) is 2.39. The number of benzene rings is 1. The van der Waals surface area contributed by atoms with Gasteiger partial charge in [-0.1, -0.05) is 25.1 Å². The summed E-state index contributed by atoms with van der Waals surface area (Å²) in [7, 11) is 1.54. The van der Waals surface area contributed by atoms with E-state index in [0.717, 1.165) is 9.13 Å². The van der Waals surface area contributed by atoms with Crippen LogP contribution in [0.2, 0.25) is 0 Å². The molecule has 0 aliphatic rings. The Balaban J connectivity index is 2.98. The van der Waals surface area contributed by atoms with E-state index in [4.69, 9.17) is 19.9 Å². The van der Waals surface area contributed by atoms with Gasteiger partial charge in [-0.15, -0.1) is 0 Å². The number of ether oxygens (including phenoxy) is 3. The summed E-state index contributed by atoms with van der Waals surface area (Å²) in [5.74, 6) is 0. The number of rotatable bonds is 7. The molecule has 1 aromatic rings. The fraction of sp³-hybridized carbons (Fsp3) is 0.462. The van der Waals surface area contributed by atoms with Crippen LogP contribution in [-0.2, 0) is 14.2 Å².